The van der Waals surface area contributed by atoms with Gasteiger partial charge in [0.1, 0.15) is 5.52 Å². The van der Waals surface area contributed by atoms with E-state index in [2.05, 4.69) is 20.0 Å². The summed E-state index contributed by atoms with van der Waals surface area (Å²) in [4.78, 5) is 11.3. The monoisotopic (exact) mass is 298 g/mol. The molecule has 0 N–H and O–H groups in total. The standard InChI is InChI=1S/C16H18N4O2/c1-11-17-15(22-19-11)10-20-9-5-4-7-13(20)16-18-12-6-2-3-8-14(12)21-16/h2-3,6,8,13H,4-5,7,9-10H2,1H3/t13-/m1/s1. The summed E-state index contributed by atoms with van der Waals surface area (Å²) in [6, 6.07) is 8.07. The number of fused-ring (bicyclic) bond motifs is 1. The number of aryl methyl sites for hydroxylation is 1. The van der Waals surface area contributed by atoms with Gasteiger partial charge in [-0.15, -0.1) is 0 Å². The van der Waals surface area contributed by atoms with E-state index in [9.17, 15) is 0 Å². The van der Waals surface area contributed by atoms with Crippen LogP contribution in [0.3, 0.4) is 0 Å². The minimum Gasteiger partial charge on any atom is -0.439 e. The lowest BCUT2D eigenvalue weighted by atomic mass is 10.0. The van der Waals surface area contributed by atoms with E-state index in [4.69, 9.17) is 8.94 Å². The highest BCUT2D eigenvalue weighted by molar-refractivity contribution is 5.72. The Labute approximate surface area is 128 Å². The second-order valence-electron chi connectivity index (χ2n) is 5.74. The number of nitrogens with zero attached hydrogens (tertiary/aromatic N) is 4. The summed E-state index contributed by atoms with van der Waals surface area (Å²) in [5.41, 5.74) is 1.76. The van der Waals surface area contributed by atoms with Crippen molar-refractivity contribution in [3.63, 3.8) is 0 Å². The SMILES string of the molecule is Cc1noc(CN2CCCC[C@@H]2c2nc3ccccc3o2)n1. The molecule has 6 heteroatoms. The average Bonchev–Trinajstić information content (AvgIpc) is 3.14. The first kappa shape index (κ1) is 13.5. The predicted octanol–water partition coefficient (Wildman–Crippen LogP) is 3.25. The Morgan fingerprint density at radius 1 is 1.23 bits per heavy atom. The highest BCUT2D eigenvalue weighted by atomic mass is 16.5. The molecule has 0 radical (unpaired) electrons. The molecule has 3 heterocycles. The molecule has 1 aliphatic rings. The smallest absolute Gasteiger partial charge is 0.240 e. The molecule has 114 valence electrons. The molecule has 4 rings (SSSR count). The third-order valence-electron chi connectivity index (χ3n) is 4.12. The van der Waals surface area contributed by atoms with Gasteiger partial charge >= 0.3 is 0 Å². The van der Waals surface area contributed by atoms with Crippen molar-refractivity contribution in [3.8, 4) is 0 Å². The van der Waals surface area contributed by atoms with Crippen molar-refractivity contribution in [1.82, 2.24) is 20.0 Å². The number of hydrogen-bond acceptors (Lipinski definition) is 6. The normalized spacial score (nSPS) is 19.8. The number of likely N-dealkylation sites (tertiary alicyclic amines) is 1. The van der Waals surface area contributed by atoms with Gasteiger partial charge in [-0.1, -0.05) is 23.7 Å². The zero-order valence-corrected chi connectivity index (χ0v) is 12.5. The molecular weight excluding hydrogens is 280 g/mol. The van der Waals surface area contributed by atoms with E-state index in [0.29, 0.717) is 18.3 Å². The minimum atomic E-state index is 0.174. The number of hydrogen-bond donors (Lipinski definition) is 0. The van der Waals surface area contributed by atoms with E-state index in [0.717, 1.165) is 30.0 Å². The maximum absolute atomic E-state index is 5.96. The fourth-order valence-corrected chi connectivity index (χ4v) is 3.07. The van der Waals surface area contributed by atoms with Gasteiger partial charge in [-0.3, -0.25) is 4.90 Å². The summed E-state index contributed by atoms with van der Waals surface area (Å²) in [6.45, 7) is 3.47. The van der Waals surface area contributed by atoms with Gasteiger partial charge in [-0.25, -0.2) is 4.98 Å². The first-order valence-electron chi connectivity index (χ1n) is 7.68. The van der Waals surface area contributed by atoms with Gasteiger partial charge < -0.3 is 8.94 Å². The van der Waals surface area contributed by atoms with Crippen LogP contribution in [-0.4, -0.2) is 26.6 Å². The van der Waals surface area contributed by atoms with Crippen molar-refractivity contribution >= 4 is 11.1 Å². The van der Waals surface area contributed by atoms with Crippen LogP contribution in [-0.2, 0) is 6.54 Å². The summed E-state index contributed by atoms with van der Waals surface area (Å²) in [6.07, 6.45) is 3.40. The highest BCUT2D eigenvalue weighted by Gasteiger charge is 2.29. The van der Waals surface area contributed by atoms with Gasteiger partial charge in [0.2, 0.25) is 11.8 Å². The molecular formula is C16H18N4O2. The largest absolute Gasteiger partial charge is 0.439 e. The Morgan fingerprint density at radius 3 is 2.95 bits per heavy atom. The first-order chi connectivity index (χ1) is 10.8. The number of para-hydroxylation sites is 2. The molecule has 0 saturated carbocycles. The van der Waals surface area contributed by atoms with Gasteiger partial charge in [0.05, 0.1) is 12.6 Å². The second kappa shape index (κ2) is 5.53. The Kier molecular flexibility index (Phi) is 3.38. The minimum absolute atomic E-state index is 0.174. The van der Waals surface area contributed by atoms with E-state index in [1.165, 1.54) is 12.8 Å². The van der Waals surface area contributed by atoms with E-state index in [-0.39, 0.29) is 6.04 Å². The van der Waals surface area contributed by atoms with Crippen LogP contribution in [0, 0.1) is 6.92 Å². The van der Waals surface area contributed by atoms with E-state index in [1.807, 2.05) is 31.2 Å². The van der Waals surface area contributed by atoms with E-state index in [1.54, 1.807) is 0 Å². The first-order valence-corrected chi connectivity index (χ1v) is 7.68. The number of aromatic nitrogens is 3. The molecule has 2 aromatic heterocycles. The highest BCUT2D eigenvalue weighted by Crippen LogP contribution is 2.33. The number of benzene rings is 1. The number of oxazole rings is 1. The Hall–Kier alpha value is -2.21. The molecule has 3 aromatic rings. The molecule has 0 aliphatic carbocycles. The lowest BCUT2D eigenvalue weighted by molar-refractivity contribution is 0.105. The van der Waals surface area contributed by atoms with Crippen molar-refractivity contribution in [2.45, 2.75) is 38.8 Å². The van der Waals surface area contributed by atoms with Crippen molar-refractivity contribution in [2.24, 2.45) is 0 Å². The zero-order chi connectivity index (χ0) is 14.9. The summed E-state index contributed by atoms with van der Waals surface area (Å²) >= 11 is 0. The molecule has 1 saturated heterocycles. The van der Waals surface area contributed by atoms with E-state index >= 15 is 0 Å². The summed E-state index contributed by atoms with van der Waals surface area (Å²) in [5, 5.41) is 3.86. The van der Waals surface area contributed by atoms with Crippen LogP contribution in [0.4, 0.5) is 0 Å². The molecule has 0 amide bonds. The van der Waals surface area contributed by atoms with Crippen LogP contribution in [0.5, 0.6) is 0 Å². The predicted molar refractivity (Wildman–Crippen MR) is 80.0 cm³/mol. The Bertz CT molecular complexity index is 746. The quantitative estimate of drug-likeness (QED) is 0.739. The van der Waals surface area contributed by atoms with Crippen LogP contribution in [0.1, 0.15) is 42.9 Å². The van der Waals surface area contributed by atoms with Crippen LogP contribution in [0.25, 0.3) is 11.1 Å². The molecule has 0 unspecified atom stereocenters. The van der Waals surface area contributed by atoms with Crippen molar-refractivity contribution in [2.75, 3.05) is 6.54 Å². The molecule has 1 aromatic carbocycles. The van der Waals surface area contributed by atoms with Crippen molar-refractivity contribution in [1.29, 1.82) is 0 Å². The van der Waals surface area contributed by atoms with Crippen LogP contribution < -0.4 is 0 Å². The Morgan fingerprint density at radius 2 is 2.14 bits per heavy atom. The average molecular weight is 298 g/mol. The summed E-state index contributed by atoms with van der Waals surface area (Å²) in [5.74, 6) is 2.11. The fourth-order valence-electron chi connectivity index (χ4n) is 3.07. The van der Waals surface area contributed by atoms with Crippen LogP contribution in [0.15, 0.2) is 33.2 Å². The van der Waals surface area contributed by atoms with Gasteiger partial charge in [0.25, 0.3) is 0 Å². The lowest BCUT2D eigenvalue weighted by Crippen LogP contribution is -2.33. The van der Waals surface area contributed by atoms with Crippen LogP contribution >= 0.6 is 0 Å². The maximum atomic E-state index is 5.96. The zero-order valence-electron chi connectivity index (χ0n) is 12.5. The molecule has 0 spiro atoms. The summed E-state index contributed by atoms with van der Waals surface area (Å²) < 4.78 is 11.2. The molecule has 1 atom stereocenters. The molecule has 1 fully saturated rings. The van der Waals surface area contributed by atoms with Crippen LogP contribution in [0.2, 0.25) is 0 Å². The molecule has 1 aliphatic heterocycles. The van der Waals surface area contributed by atoms with E-state index < -0.39 is 0 Å². The molecule has 6 nitrogen and oxygen atoms in total. The topological polar surface area (TPSA) is 68.2 Å². The maximum Gasteiger partial charge on any atom is 0.240 e. The molecule has 22 heavy (non-hydrogen) atoms. The van der Waals surface area contributed by atoms with Gasteiger partial charge in [0, 0.05) is 0 Å². The lowest BCUT2D eigenvalue weighted by Gasteiger charge is -2.32. The fraction of sp³-hybridized carbons (Fsp3) is 0.438. The number of piperidine rings is 1. The summed E-state index contributed by atoms with van der Waals surface area (Å²) in [7, 11) is 0. The number of rotatable bonds is 3. The Balaban J connectivity index is 1.62. The second-order valence-corrected chi connectivity index (χ2v) is 5.74. The van der Waals surface area contributed by atoms with Gasteiger partial charge in [-0.05, 0) is 38.4 Å². The van der Waals surface area contributed by atoms with Crippen molar-refractivity contribution < 1.29 is 8.94 Å². The van der Waals surface area contributed by atoms with Gasteiger partial charge in [0.15, 0.2) is 11.4 Å². The third kappa shape index (κ3) is 2.50. The van der Waals surface area contributed by atoms with Gasteiger partial charge in [-0.2, -0.15) is 4.98 Å². The third-order valence-corrected chi connectivity index (χ3v) is 4.12. The molecule has 0 bridgehead atoms. The van der Waals surface area contributed by atoms with Crippen molar-refractivity contribution in [3.05, 3.63) is 41.9 Å².